The van der Waals surface area contributed by atoms with E-state index >= 15 is 0 Å². The third-order valence-corrected chi connectivity index (χ3v) is 7.30. The van der Waals surface area contributed by atoms with Gasteiger partial charge >= 0.3 is 0 Å². The fraction of sp³-hybridized carbons (Fsp3) is 0.696. The Kier molecular flexibility index (Phi) is 5.64. The number of hydrogen-bond donors (Lipinski definition) is 0. The Bertz CT molecular complexity index is 732. The summed E-state index contributed by atoms with van der Waals surface area (Å²) in [7, 11) is 0. The van der Waals surface area contributed by atoms with Crippen molar-refractivity contribution in [1.82, 2.24) is 14.7 Å². The van der Waals surface area contributed by atoms with Gasteiger partial charge in [-0.05, 0) is 48.9 Å². The van der Waals surface area contributed by atoms with Crippen molar-refractivity contribution >= 4 is 5.91 Å². The van der Waals surface area contributed by atoms with Gasteiger partial charge in [-0.2, -0.15) is 0 Å². The first-order valence-corrected chi connectivity index (χ1v) is 11.4. The minimum absolute atomic E-state index is 0.317. The van der Waals surface area contributed by atoms with Gasteiger partial charge in [0.1, 0.15) is 0 Å². The van der Waals surface area contributed by atoms with Gasteiger partial charge in [0.2, 0.25) is 12.7 Å². The summed E-state index contributed by atoms with van der Waals surface area (Å²) >= 11 is 0. The van der Waals surface area contributed by atoms with Crippen LogP contribution in [0.4, 0.5) is 0 Å². The highest BCUT2D eigenvalue weighted by Crippen LogP contribution is 2.36. The summed E-state index contributed by atoms with van der Waals surface area (Å²) in [6.45, 7) is 7.62. The van der Waals surface area contributed by atoms with Gasteiger partial charge in [-0.3, -0.25) is 14.6 Å². The van der Waals surface area contributed by atoms with Crippen LogP contribution in [0.15, 0.2) is 18.2 Å². The third-order valence-electron chi connectivity index (χ3n) is 7.30. The summed E-state index contributed by atoms with van der Waals surface area (Å²) in [5, 5.41) is 0. The van der Waals surface area contributed by atoms with Crippen molar-refractivity contribution in [2.75, 3.05) is 52.6 Å². The number of carbonyl (C=O) groups excluding carboxylic acids is 1. The molecule has 6 heteroatoms. The van der Waals surface area contributed by atoms with Crippen LogP contribution in [-0.4, -0.2) is 73.2 Å². The molecule has 5 rings (SSSR count). The fourth-order valence-electron chi connectivity index (χ4n) is 5.56. The average molecular weight is 400 g/mol. The zero-order valence-corrected chi connectivity index (χ0v) is 17.4. The number of likely N-dealkylation sites (tertiary alicyclic amines) is 1. The van der Waals surface area contributed by atoms with Crippen LogP contribution < -0.4 is 9.47 Å². The number of carbonyl (C=O) groups is 1. The molecule has 1 aliphatic carbocycles. The number of benzene rings is 1. The van der Waals surface area contributed by atoms with Crippen molar-refractivity contribution in [1.29, 1.82) is 0 Å². The molecular weight excluding hydrogens is 366 g/mol. The first-order chi connectivity index (χ1) is 14.2. The van der Waals surface area contributed by atoms with Crippen LogP contribution >= 0.6 is 0 Å². The van der Waals surface area contributed by atoms with E-state index in [0.29, 0.717) is 19.2 Å². The molecule has 3 heterocycles. The van der Waals surface area contributed by atoms with E-state index in [4.69, 9.17) is 9.47 Å². The number of hydrogen-bond acceptors (Lipinski definition) is 5. The van der Waals surface area contributed by atoms with Crippen LogP contribution in [0.2, 0.25) is 0 Å². The molecule has 6 nitrogen and oxygen atoms in total. The van der Waals surface area contributed by atoms with Gasteiger partial charge in [0.15, 0.2) is 11.5 Å². The second kappa shape index (κ2) is 8.52. The molecule has 4 aliphatic rings. The fourth-order valence-corrected chi connectivity index (χ4v) is 5.56. The van der Waals surface area contributed by atoms with Crippen LogP contribution in [-0.2, 0) is 11.3 Å². The minimum Gasteiger partial charge on any atom is -0.454 e. The van der Waals surface area contributed by atoms with E-state index in [9.17, 15) is 4.79 Å². The predicted molar refractivity (Wildman–Crippen MR) is 111 cm³/mol. The van der Waals surface area contributed by atoms with Crippen molar-refractivity contribution in [3.05, 3.63) is 23.8 Å². The Morgan fingerprint density at radius 3 is 2.55 bits per heavy atom. The largest absolute Gasteiger partial charge is 0.454 e. The number of nitrogens with zero attached hydrogens (tertiary/aromatic N) is 3. The normalized spacial score (nSPS) is 27.7. The first-order valence-electron chi connectivity index (χ1n) is 11.4. The molecule has 3 aliphatic heterocycles. The second-order valence-corrected chi connectivity index (χ2v) is 9.17. The van der Waals surface area contributed by atoms with Crippen LogP contribution in [0.5, 0.6) is 11.5 Å². The van der Waals surface area contributed by atoms with Crippen molar-refractivity contribution < 1.29 is 14.3 Å². The lowest BCUT2D eigenvalue weighted by Crippen LogP contribution is -2.52. The molecule has 0 radical (unpaired) electrons. The SMILES string of the molecule is O=C(CN1CC[C@H]2CCCC[C@H]2C1)N1CCN(Cc2ccc3c(c2)OCO3)CC1. The van der Waals surface area contributed by atoms with Gasteiger partial charge in [0.25, 0.3) is 0 Å². The van der Waals surface area contributed by atoms with E-state index in [0.717, 1.165) is 69.1 Å². The third kappa shape index (κ3) is 4.38. The van der Waals surface area contributed by atoms with E-state index in [-0.39, 0.29) is 0 Å². The zero-order valence-electron chi connectivity index (χ0n) is 17.4. The van der Waals surface area contributed by atoms with E-state index in [1.807, 2.05) is 6.07 Å². The topological polar surface area (TPSA) is 45.3 Å². The maximum atomic E-state index is 12.9. The summed E-state index contributed by atoms with van der Waals surface area (Å²) in [6.07, 6.45) is 6.87. The Morgan fingerprint density at radius 1 is 0.897 bits per heavy atom. The first kappa shape index (κ1) is 19.2. The molecule has 1 saturated carbocycles. The number of rotatable bonds is 4. The van der Waals surface area contributed by atoms with Gasteiger partial charge in [-0.15, -0.1) is 0 Å². The summed E-state index contributed by atoms with van der Waals surface area (Å²) in [5.41, 5.74) is 1.24. The number of ether oxygens (including phenoxy) is 2. The Balaban J connectivity index is 1.08. The van der Waals surface area contributed by atoms with E-state index in [1.165, 1.54) is 37.7 Å². The van der Waals surface area contributed by atoms with Crippen LogP contribution in [0.25, 0.3) is 0 Å². The lowest BCUT2D eigenvalue weighted by atomic mass is 9.75. The van der Waals surface area contributed by atoms with E-state index in [2.05, 4.69) is 26.8 Å². The molecule has 2 atom stereocenters. The molecule has 0 spiro atoms. The number of fused-ring (bicyclic) bond motifs is 2. The van der Waals surface area contributed by atoms with Crippen LogP contribution in [0.1, 0.15) is 37.7 Å². The van der Waals surface area contributed by atoms with Crippen LogP contribution in [0.3, 0.4) is 0 Å². The molecule has 29 heavy (non-hydrogen) atoms. The summed E-state index contributed by atoms with van der Waals surface area (Å²) < 4.78 is 10.9. The zero-order chi connectivity index (χ0) is 19.6. The summed E-state index contributed by atoms with van der Waals surface area (Å²) in [6, 6.07) is 6.18. The summed E-state index contributed by atoms with van der Waals surface area (Å²) in [4.78, 5) is 19.8. The van der Waals surface area contributed by atoms with Gasteiger partial charge < -0.3 is 14.4 Å². The molecule has 2 saturated heterocycles. The van der Waals surface area contributed by atoms with Crippen molar-refractivity contribution in [2.24, 2.45) is 11.8 Å². The molecule has 0 N–H and O–H groups in total. The van der Waals surface area contributed by atoms with Crippen molar-refractivity contribution in [3.8, 4) is 11.5 Å². The number of piperidine rings is 1. The van der Waals surface area contributed by atoms with Crippen molar-refractivity contribution in [3.63, 3.8) is 0 Å². The minimum atomic E-state index is 0.317. The summed E-state index contributed by atoms with van der Waals surface area (Å²) in [5.74, 6) is 3.76. The standard InChI is InChI=1S/C23H33N3O3/c27-23(16-25-8-7-19-3-1-2-4-20(19)15-25)26-11-9-24(10-12-26)14-18-5-6-21-22(13-18)29-17-28-21/h5-6,13,19-20H,1-4,7-12,14-17H2/t19-,20+/m1/s1. The molecular formula is C23H33N3O3. The Morgan fingerprint density at radius 2 is 1.69 bits per heavy atom. The molecule has 1 aromatic carbocycles. The van der Waals surface area contributed by atoms with Gasteiger partial charge in [-0.1, -0.05) is 25.3 Å². The highest BCUT2D eigenvalue weighted by atomic mass is 16.7. The number of piperazine rings is 1. The lowest BCUT2D eigenvalue weighted by molar-refractivity contribution is -0.135. The highest BCUT2D eigenvalue weighted by molar-refractivity contribution is 5.78. The molecule has 0 bridgehead atoms. The van der Waals surface area contributed by atoms with E-state index < -0.39 is 0 Å². The maximum Gasteiger partial charge on any atom is 0.236 e. The number of amides is 1. The quantitative estimate of drug-likeness (QED) is 0.779. The van der Waals surface area contributed by atoms with Crippen molar-refractivity contribution in [2.45, 2.75) is 38.6 Å². The molecule has 1 amide bonds. The van der Waals surface area contributed by atoms with Gasteiger partial charge in [0, 0.05) is 39.3 Å². The maximum absolute atomic E-state index is 12.9. The smallest absolute Gasteiger partial charge is 0.236 e. The second-order valence-electron chi connectivity index (χ2n) is 9.17. The molecule has 1 aromatic rings. The Labute approximate surface area is 173 Å². The Hall–Kier alpha value is -1.79. The van der Waals surface area contributed by atoms with E-state index in [1.54, 1.807) is 0 Å². The average Bonchev–Trinajstić information content (AvgIpc) is 3.22. The van der Waals surface area contributed by atoms with Gasteiger partial charge in [-0.25, -0.2) is 0 Å². The highest BCUT2D eigenvalue weighted by Gasteiger charge is 2.32. The monoisotopic (exact) mass is 399 g/mol. The molecule has 0 unspecified atom stereocenters. The predicted octanol–water partition coefficient (Wildman–Crippen LogP) is 2.57. The molecule has 3 fully saturated rings. The molecule has 0 aromatic heterocycles. The van der Waals surface area contributed by atoms with Gasteiger partial charge in [0.05, 0.1) is 6.54 Å². The molecule has 158 valence electrons. The lowest BCUT2D eigenvalue weighted by Gasteiger charge is -2.42. The van der Waals surface area contributed by atoms with Crippen LogP contribution in [0, 0.1) is 11.8 Å².